The molecule has 2 rings (SSSR count). The van der Waals surface area contributed by atoms with Crippen molar-refractivity contribution in [2.45, 2.75) is 46.1 Å². The fraction of sp³-hybridized carbons (Fsp3) is 0.529. The number of guanidine groups is 1. The molecule has 2 heterocycles. The van der Waals surface area contributed by atoms with Crippen LogP contribution in [-0.4, -0.2) is 24.5 Å². The first-order valence-electron chi connectivity index (χ1n) is 8.14. The summed E-state index contributed by atoms with van der Waals surface area (Å²) < 4.78 is 0. The first-order chi connectivity index (χ1) is 11.2. The molecule has 2 N–H and O–H groups in total. The van der Waals surface area contributed by atoms with Gasteiger partial charge in [0.1, 0.15) is 0 Å². The van der Waals surface area contributed by atoms with Gasteiger partial charge in [-0.3, -0.25) is 4.99 Å². The van der Waals surface area contributed by atoms with Crippen LogP contribution in [0.3, 0.4) is 0 Å². The van der Waals surface area contributed by atoms with Crippen LogP contribution in [0.25, 0.3) is 0 Å². The molecular formula is C17H26N4S2. The molecule has 0 radical (unpaired) electrons. The van der Waals surface area contributed by atoms with Gasteiger partial charge in [0.2, 0.25) is 0 Å². The van der Waals surface area contributed by atoms with Gasteiger partial charge in [-0.05, 0) is 44.7 Å². The topological polar surface area (TPSA) is 49.3 Å². The van der Waals surface area contributed by atoms with Crippen molar-refractivity contribution in [3.05, 3.63) is 38.0 Å². The summed E-state index contributed by atoms with van der Waals surface area (Å²) in [6, 6.07) is 4.40. The second kappa shape index (κ2) is 9.67. The van der Waals surface area contributed by atoms with Crippen LogP contribution >= 0.6 is 22.7 Å². The van der Waals surface area contributed by atoms with E-state index in [1.54, 1.807) is 11.3 Å². The van der Waals surface area contributed by atoms with E-state index in [9.17, 15) is 0 Å². The molecule has 2 aromatic heterocycles. The van der Waals surface area contributed by atoms with E-state index in [4.69, 9.17) is 0 Å². The zero-order chi connectivity index (χ0) is 16.5. The third kappa shape index (κ3) is 6.31. The number of aryl methyl sites for hydroxylation is 3. The maximum Gasteiger partial charge on any atom is 0.191 e. The Hall–Kier alpha value is -1.40. The Morgan fingerprint density at radius 3 is 2.70 bits per heavy atom. The maximum atomic E-state index is 4.49. The monoisotopic (exact) mass is 350 g/mol. The van der Waals surface area contributed by atoms with Crippen LogP contribution in [0.2, 0.25) is 0 Å². The molecule has 0 saturated heterocycles. The van der Waals surface area contributed by atoms with Gasteiger partial charge < -0.3 is 10.6 Å². The van der Waals surface area contributed by atoms with Crippen molar-refractivity contribution in [2.24, 2.45) is 4.99 Å². The van der Waals surface area contributed by atoms with Crippen LogP contribution < -0.4 is 10.6 Å². The predicted octanol–water partition coefficient (Wildman–Crippen LogP) is 3.76. The van der Waals surface area contributed by atoms with E-state index in [0.717, 1.165) is 50.4 Å². The summed E-state index contributed by atoms with van der Waals surface area (Å²) in [4.78, 5) is 11.6. The highest BCUT2D eigenvalue weighted by Gasteiger charge is 2.02. The van der Waals surface area contributed by atoms with Gasteiger partial charge in [0.15, 0.2) is 5.96 Å². The minimum absolute atomic E-state index is 0.836. The Morgan fingerprint density at radius 2 is 2.04 bits per heavy atom. The molecule has 0 atom stereocenters. The number of unbranched alkanes of at least 4 members (excludes halogenated alkanes) is 1. The fourth-order valence-electron chi connectivity index (χ4n) is 2.22. The summed E-state index contributed by atoms with van der Waals surface area (Å²) in [5.74, 6) is 0.876. The van der Waals surface area contributed by atoms with Gasteiger partial charge in [-0.2, -0.15) is 0 Å². The Kier molecular flexibility index (Phi) is 7.55. The summed E-state index contributed by atoms with van der Waals surface area (Å²) in [5, 5.41) is 10.1. The second-order valence-electron chi connectivity index (χ2n) is 5.41. The van der Waals surface area contributed by atoms with Crippen molar-refractivity contribution in [1.29, 1.82) is 0 Å². The Labute approximate surface area is 147 Å². The van der Waals surface area contributed by atoms with Crippen molar-refractivity contribution in [3.63, 3.8) is 0 Å². The fourth-order valence-corrected chi connectivity index (χ4v) is 3.94. The maximum absolute atomic E-state index is 4.49. The minimum atomic E-state index is 0.836. The van der Waals surface area contributed by atoms with E-state index in [1.165, 1.54) is 14.8 Å². The number of aliphatic imine (C=N–C) groups is 1. The SMILES string of the molecule is CCc1ccc(CNC(=NC)NCCCCc2nc(C)cs2)s1. The summed E-state index contributed by atoms with van der Waals surface area (Å²) >= 11 is 3.63. The van der Waals surface area contributed by atoms with Gasteiger partial charge in [0.05, 0.1) is 11.6 Å². The first kappa shape index (κ1) is 17.9. The molecule has 4 nitrogen and oxygen atoms in total. The molecule has 0 bridgehead atoms. The zero-order valence-corrected chi connectivity index (χ0v) is 15.8. The van der Waals surface area contributed by atoms with Gasteiger partial charge in [-0.25, -0.2) is 4.98 Å². The molecule has 126 valence electrons. The molecule has 0 aliphatic rings. The van der Waals surface area contributed by atoms with Gasteiger partial charge >= 0.3 is 0 Å². The van der Waals surface area contributed by atoms with Gasteiger partial charge in [0.25, 0.3) is 0 Å². The van der Waals surface area contributed by atoms with Crippen LogP contribution in [0.5, 0.6) is 0 Å². The normalized spacial score (nSPS) is 11.7. The zero-order valence-electron chi connectivity index (χ0n) is 14.2. The van der Waals surface area contributed by atoms with E-state index < -0.39 is 0 Å². The van der Waals surface area contributed by atoms with E-state index in [-0.39, 0.29) is 0 Å². The Bertz CT molecular complexity index is 616. The average molecular weight is 351 g/mol. The number of nitrogens with zero attached hydrogens (tertiary/aromatic N) is 2. The molecule has 23 heavy (non-hydrogen) atoms. The van der Waals surface area contributed by atoms with E-state index in [1.807, 2.05) is 25.3 Å². The van der Waals surface area contributed by atoms with Crippen LogP contribution in [-0.2, 0) is 19.4 Å². The summed E-state index contributed by atoms with van der Waals surface area (Å²) in [6.07, 6.45) is 4.46. The third-order valence-electron chi connectivity index (χ3n) is 3.50. The summed E-state index contributed by atoms with van der Waals surface area (Å²) in [6.45, 7) is 6.02. The van der Waals surface area contributed by atoms with Crippen LogP contribution in [0, 0.1) is 6.92 Å². The van der Waals surface area contributed by atoms with Crippen molar-refractivity contribution in [2.75, 3.05) is 13.6 Å². The quantitative estimate of drug-likeness (QED) is 0.433. The Morgan fingerprint density at radius 1 is 1.22 bits per heavy atom. The van der Waals surface area contributed by atoms with Crippen LogP contribution in [0.4, 0.5) is 0 Å². The molecule has 0 saturated carbocycles. The third-order valence-corrected chi connectivity index (χ3v) is 5.75. The molecule has 0 amide bonds. The molecule has 0 fully saturated rings. The summed E-state index contributed by atoms with van der Waals surface area (Å²) in [5.41, 5.74) is 1.13. The number of hydrogen-bond acceptors (Lipinski definition) is 4. The minimum Gasteiger partial charge on any atom is -0.356 e. The molecule has 2 aromatic rings. The molecule has 0 spiro atoms. The second-order valence-corrected chi connectivity index (χ2v) is 7.61. The van der Waals surface area contributed by atoms with E-state index in [0.29, 0.717) is 0 Å². The van der Waals surface area contributed by atoms with E-state index in [2.05, 4.69) is 45.0 Å². The first-order valence-corrected chi connectivity index (χ1v) is 9.84. The van der Waals surface area contributed by atoms with Gasteiger partial charge in [0, 0.05) is 34.4 Å². The number of nitrogens with one attached hydrogen (secondary N) is 2. The Balaban J connectivity index is 1.61. The lowest BCUT2D eigenvalue weighted by Crippen LogP contribution is -2.37. The van der Waals surface area contributed by atoms with Gasteiger partial charge in [-0.15, -0.1) is 22.7 Å². The van der Waals surface area contributed by atoms with Crippen molar-refractivity contribution >= 4 is 28.6 Å². The number of hydrogen-bond donors (Lipinski definition) is 2. The van der Waals surface area contributed by atoms with Crippen molar-refractivity contribution < 1.29 is 0 Å². The number of thiophene rings is 1. The lowest BCUT2D eigenvalue weighted by molar-refractivity contribution is 0.692. The number of rotatable bonds is 8. The average Bonchev–Trinajstić information content (AvgIpc) is 3.18. The largest absolute Gasteiger partial charge is 0.356 e. The molecule has 0 unspecified atom stereocenters. The number of thiazole rings is 1. The standard InChI is InChI=1S/C17H26N4S2/c1-4-14-8-9-15(23-14)11-20-17(18-3)19-10-6-5-7-16-21-13(2)12-22-16/h8-9,12H,4-7,10-11H2,1-3H3,(H2,18,19,20). The van der Waals surface area contributed by atoms with Gasteiger partial charge in [-0.1, -0.05) is 6.92 Å². The number of aromatic nitrogens is 1. The molecule has 0 aliphatic carbocycles. The smallest absolute Gasteiger partial charge is 0.191 e. The van der Waals surface area contributed by atoms with Crippen molar-refractivity contribution in [3.8, 4) is 0 Å². The van der Waals surface area contributed by atoms with Crippen molar-refractivity contribution in [1.82, 2.24) is 15.6 Å². The molecule has 6 heteroatoms. The molecule has 0 aromatic carbocycles. The molecular weight excluding hydrogens is 324 g/mol. The predicted molar refractivity (Wildman–Crippen MR) is 102 cm³/mol. The van der Waals surface area contributed by atoms with Crippen LogP contribution in [0.1, 0.15) is 40.2 Å². The summed E-state index contributed by atoms with van der Waals surface area (Å²) in [7, 11) is 1.82. The lowest BCUT2D eigenvalue weighted by Gasteiger charge is -2.10. The van der Waals surface area contributed by atoms with E-state index >= 15 is 0 Å². The molecule has 0 aliphatic heterocycles. The lowest BCUT2D eigenvalue weighted by atomic mass is 10.2. The van der Waals surface area contributed by atoms with Crippen LogP contribution in [0.15, 0.2) is 22.5 Å². The highest BCUT2D eigenvalue weighted by Crippen LogP contribution is 2.16. The highest BCUT2D eigenvalue weighted by molar-refractivity contribution is 7.12. The highest BCUT2D eigenvalue weighted by atomic mass is 32.1.